The summed E-state index contributed by atoms with van der Waals surface area (Å²) in [6.45, 7) is 6.69. The van der Waals surface area contributed by atoms with Gasteiger partial charge in [0.25, 0.3) is 0 Å². The Morgan fingerprint density at radius 2 is 2.33 bits per heavy atom. The minimum absolute atomic E-state index is 0.0911. The molecule has 3 nitrogen and oxygen atoms in total. The second-order valence-corrected chi connectivity index (χ2v) is 6.37. The van der Waals surface area contributed by atoms with Gasteiger partial charge in [-0.1, -0.05) is 6.92 Å². The van der Waals surface area contributed by atoms with Crippen molar-refractivity contribution in [1.82, 2.24) is 10.6 Å². The first-order chi connectivity index (χ1) is 8.54. The second kappa shape index (κ2) is 5.41. The average molecular weight is 266 g/mol. The van der Waals surface area contributed by atoms with Crippen LogP contribution < -0.4 is 10.6 Å². The van der Waals surface area contributed by atoms with Gasteiger partial charge in [0.2, 0.25) is 5.91 Å². The Morgan fingerprint density at radius 3 is 3.06 bits per heavy atom. The van der Waals surface area contributed by atoms with Crippen LogP contribution in [0.1, 0.15) is 50.1 Å². The fraction of sp³-hybridized carbons (Fsp3) is 0.643. The predicted molar refractivity (Wildman–Crippen MR) is 75.9 cm³/mol. The maximum atomic E-state index is 12.3. The Hall–Kier alpha value is -0.870. The third kappa shape index (κ3) is 2.75. The topological polar surface area (TPSA) is 41.1 Å². The van der Waals surface area contributed by atoms with Gasteiger partial charge in [-0.25, -0.2) is 0 Å². The van der Waals surface area contributed by atoms with Crippen LogP contribution in [0.15, 0.2) is 11.4 Å². The third-order valence-electron chi connectivity index (χ3n) is 3.54. The van der Waals surface area contributed by atoms with Gasteiger partial charge in [-0.2, -0.15) is 0 Å². The number of fused-ring (bicyclic) bond motifs is 1. The van der Waals surface area contributed by atoms with E-state index < -0.39 is 5.54 Å². The van der Waals surface area contributed by atoms with Crippen LogP contribution in [0.5, 0.6) is 0 Å². The van der Waals surface area contributed by atoms with Gasteiger partial charge in [-0.3, -0.25) is 4.79 Å². The molecule has 1 amide bonds. The summed E-state index contributed by atoms with van der Waals surface area (Å²) in [6.07, 6.45) is 3.38. The lowest BCUT2D eigenvalue weighted by molar-refractivity contribution is -0.127. The first-order valence-corrected chi connectivity index (χ1v) is 7.55. The summed E-state index contributed by atoms with van der Waals surface area (Å²) in [6, 6.07) is 2.36. The standard InChI is InChI=1S/C14H22N2OS/c1-4-15-14(2,3)13(17)16-11-6-5-7-12-10(11)8-9-18-12/h8-9,11,15H,4-7H2,1-3H3,(H,16,17). The molecule has 1 aromatic rings. The molecule has 1 heterocycles. The Bertz CT molecular complexity index is 425. The summed E-state index contributed by atoms with van der Waals surface area (Å²) in [4.78, 5) is 13.7. The van der Waals surface area contributed by atoms with E-state index in [9.17, 15) is 4.79 Å². The van der Waals surface area contributed by atoms with Crippen molar-refractivity contribution in [3.8, 4) is 0 Å². The quantitative estimate of drug-likeness (QED) is 0.879. The Labute approximate surface area is 113 Å². The molecule has 0 bridgehead atoms. The van der Waals surface area contributed by atoms with Crippen molar-refractivity contribution in [3.05, 3.63) is 21.9 Å². The highest BCUT2D eigenvalue weighted by molar-refractivity contribution is 7.10. The summed E-state index contributed by atoms with van der Waals surface area (Å²) in [5.74, 6) is 0.0911. The largest absolute Gasteiger partial charge is 0.348 e. The van der Waals surface area contributed by atoms with Gasteiger partial charge < -0.3 is 10.6 Å². The highest BCUT2D eigenvalue weighted by atomic mass is 32.1. The van der Waals surface area contributed by atoms with Crippen LogP contribution in [0.4, 0.5) is 0 Å². The summed E-state index contributed by atoms with van der Waals surface area (Å²) in [5.41, 5.74) is 0.828. The van der Waals surface area contributed by atoms with Crippen molar-refractivity contribution in [1.29, 1.82) is 0 Å². The van der Waals surface area contributed by atoms with E-state index >= 15 is 0 Å². The van der Waals surface area contributed by atoms with Crippen LogP contribution in [0, 0.1) is 0 Å². The molecule has 0 aliphatic heterocycles. The van der Waals surface area contributed by atoms with E-state index in [-0.39, 0.29) is 11.9 Å². The molecule has 1 aromatic heterocycles. The van der Waals surface area contributed by atoms with E-state index in [0.717, 1.165) is 19.4 Å². The van der Waals surface area contributed by atoms with E-state index in [2.05, 4.69) is 22.1 Å². The van der Waals surface area contributed by atoms with Gasteiger partial charge in [-0.15, -0.1) is 11.3 Å². The summed E-state index contributed by atoms with van der Waals surface area (Å²) in [7, 11) is 0. The highest BCUT2D eigenvalue weighted by Crippen LogP contribution is 2.33. The van der Waals surface area contributed by atoms with Crippen molar-refractivity contribution < 1.29 is 4.79 Å². The van der Waals surface area contributed by atoms with Gasteiger partial charge in [0.1, 0.15) is 0 Å². The number of likely N-dealkylation sites (N-methyl/N-ethyl adjacent to an activating group) is 1. The molecule has 0 radical (unpaired) electrons. The first-order valence-electron chi connectivity index (χ1n) is 6.67. The molecular formula is C14H22N2OS. The number of aryl methyl sites for hydroxylation is 1. The average Bonchev–Trinajstić information content (AvgIpc) is 2.78. The maximum absolute atomic E-state index is 12.3. The van der Waals surface area contributed by atoms with Crippen LogP contribution in [0.25, 0.3) is 0 Å². The molecular weight excluding hydrogens is 244 g/mol. The molecule has 100 valence electrons. The van der Waals surface area contributed by atoms with Crippen molar-refractivity contribution in [2.45, 2.75) is 51.6 Å². The fourth-order valence-corrected chi connectivity index (χ4v) is 3.48. The number of amides is 1. The van der Waals surface area contributed by atoms with Gasteiger partial charge in [0.15, 0.2) is 0 Å². The lowest BCUT2D eigenvalue weighted by Gasteiger charge is -2.30. The molecule has 2 N–H and O–H groups in total. The molecule has 0 spiro atoms. The minimum atomic E-state index is -0.498. The number of nitrogens with one attached hydrogen (secondary N) is 2. The van der Waals surface area contributed by atoms with E-state index in [1.807, 2.05) is 32.1 Å². The number of carbonyl (C=O) groups is 1. The lowest BCUT2D eigenvalue weighted by Crippen LogP contribution is -2.53. The van der Waals surface area contributed by atoms with Crippen molar-refractivity contribution in [2.24, 2.45) is 0 Å². The molecule has 0 fully saturated rings. The number of hydrogen-bond acceptors (Lipinski definition) is 3. The van der Waals surface area contributed by atoms with E-state index in [0.29, 0.717) is 0 Å². The molecule has 0 aromatic carbocycles. The Balaban J connectivity index is 2.06. The zero-order chi connectivity index (χ0) is 13.2. The molecule has 2 rings (SSSR count). The zero-order valence-corrected chi connectivity index (χ0v) is 12.2. The van der Waals surface area contributed by atoms with Gasteiger partial charge >= 0.3 is 0 Å². The molecule has 1 aliphatic carbocycles. The van der Waals surface area contributed by atoms with Crippen LogP contribution in [-0.2, 0) is 11.2 Å². The molecule has 18 heavy (non-hydrogen) atoms. The lowest BCUT2D eigenvalue weighted by atomic mass is 9.93. The number of thiophene rings is 1. The SMILES string of the molecule is CCNC(C)(C)C(=O)NC1CCCc2sccc21. The molecule has 1 aliphatic rings. The molecule has 4 heteroatoms. The van der Waals surface area contributed by atoms with Crippen LogP contribution >= 0.6 is 11.3 Å². The van der Waals surface area contributed by atoms with Crippen LogP contribution in [0.2, 0.25) is 0 Å². The third-order valence-corrected chi connectivity index (χ3v) is 4.54. The fourth-order valence-electron chi connectivity index (χ4n) is 2.50. The number of carbonyl (C=O) groups excluding carboxylic acids is 1. The Kier molecular flexibility index (Phi) is 4.07. The van der Waals surface area contributed by atoms with E-state index in [1.54, 1.807) is 0 Å². The normalized spacial score (nSPS) is 19.4. The van der Waals surface area contributed by atoms with E-state index in [4.69, 9.17) is 0 Å². The van der Waals surface area contributed by atoms with Crippen molar-refractivity contribution >= 4 is 17.2 Å². The number of rotatable bonds is 4. The second-order valence-electron chi connectivity index (χ2n) is 5.37. The van der Waals surface area contributed by atoms with E-state index in [1.165, 1.54) is 16.9 Å². The van der Waals surface area contributed by atoms with Gasteiger partial charge in [-0.05, 0) is 56.7 Å². The summed E-state index contributed by atoms with van der Waals surface area (Å²) >= 11 is 1.81. The zero-order valence-electron chi connectivity index (χ0n) is 11.4. The summed E-state index contributed by atoms with van der Waals surface area (Å²) in [5, 5.41) is 8.54. The summed E-state index contributed by atoms with van der Waals surface area (Å²) < 4.78 is 0. The predicted octanol–water partition coefficient (Wildman–Crippen LogP) is 2.63. The smallest absolute Gasteiger partial charge is 0.240 e. The molecule has 1 unspecified atom stereocenters. The maximum Gasteiger partial charge on any atom is 0.240 e. The van der Waals surface area contributed by atoms with Gasteiger partial charge in [0, 0.05) is 4.88 Å². The monoisotopic (exact) mass is 266 g/mol. The molecule has 0 saturated carbocycles. The van der Waals surface area contributed by atoms with Crippen LogP contribution in [-0.4, -0.2) is 18.0 Å². The molecule has 1 atom stereocenters. The highest BCUT2D eigenvalue weighted by Gasteiger charge is 2.30. The van der Waals surface area contributed by atoms with Gasteiger partial charge in [0.05, 0.1) is 11.6 Å². The number of hydrogen-bond donors (Lipinski definition) is 2. The first kappa shape index (κ1) is 13.6. The van der Waals surface area contributed by atoms with Crippen LogP contribution in [0.3, 0.4) is 0 Å². The molecule has 0 saturated heterocycles. The van der Waals surface area contributed by atoms with Crippen molar-refractivity contribution in [2.75, 3.05) is 6.54 Å². The van der Waals surface area contributed by atoms with Crippen molar-refractivity contribution in [3.63, 3.8) is 0 Å². The Morgan fingerprint density at radius 1 is 1.56 bits per heavy atom. The minimum Gasteiger partial charge on any atom is -0.348 e.